The van der Waals surface area contributed by atoms with E-state index in [2.05, 4.69) is 14.7 Å². The Labute approximate surface area is 88.2 Å². The van der Waals surface area contributed by atoms with Gasteiger partial charge in [-0.2, -0.15) is 0 Å². The molecule has 2 aromatic rings. The molecule has 0 radical (unpaired) electrons. The highest BCUT2D eigenvalue weighted by atomic mass is 32.1. The second-order valence-corrected chi connectivity index (χ2v) is 4.12. The van der Waals surface area contributed by atoms with Crippen LogP contribution < -0.4 is 0 Å². The van der Waals surface area contributed by atoms with Crippen LogP contribution >= 0.6 is 22.7 Å². The van der Waals surface area contributed by atoms with Gasteiger partial charge in [-0.05, 0) is 0 Å². The first-order valence-corrected chi connectivity index (χ1v) is 5.51. The Kier molecular flexibility index (Phi) is 2.55. The van der Waals surface area contributed by atoms with Gasteiger partial charge in [-0.1, -0.05) is 0 Å². The number of carbonyl (C=O) groups is 1. The summed E-state index contributed by atoms with van der Waals surface area (Å²) in [4.78, 5) is 19.3. The molecule has 6 heteroatoms. The average Bonchev–Trinajstić information content (AvgIpc) is 2.86. The number of esters is 1. The fraction of sp³-hybridized carbons (Fsp3) is 0.125. The van der Waals surface area contributed by atoms with E-state index < -0.39 is 5.97 Å². The SMILES string of the molecule is COC(=O)c1csc(-c2nccs2)n1. The number of nitrogens with zero attached hydrogens (tertiary/aromatic N) is 2. The average molecular weight is 226 g/mol. The van der Waals surface area contributed by atoms with Crippen molar-refractivity contribution in [2.45, 2.75) is 0 Å². The Morgan fingerprint density at radius 3 is 2.93 bits per heavy atom. The van der Waals surface area contributed by atoms with Gasteiger partial charge in [-0.15, -0.1) is 22.7 Å². The molecule has 4 nitrogen and oxygen atoms in total. The molecule has 0 aliphatic heterocycles. The number of aromatic nitrogens is 2. The van der Waals surface area contributed by atoms with Gasteiger partial charge < -0.3 is 4.74 Å². The van der Waals surface area contributed by atoms with Gasteiger partial charge in [0.15, 0.2) is 15.7 Å². The number of hydrogen-bond donors (Lipinski definition) is 0. The zero-order chi connectivity index (χ0) is 9.97. The van der Waals surface area contributed by atoms with E-state index in [1.165, 1.54) is 29.8 Å². The second kappa shape index (κ2) is 3.85. The van der Waals surface area contributed by atoms with Crippen molar-refractivity contribution in [1.82, 2.24) is 9.97 Å². The number of hydrogen-bond acceptors (Lipinski definition) is 6. The van der Waals surface area contributed by atoms with Crippen LogP contribution in [0.15, 0.2) is 17.0 Å². The predicted molar refractivity (Wildman–Crippen MR) is 54.6 cm³/mol. The lowest BCUT2D eigenvalue weighted by Gasteiger charge is -1.90. The minimum Gasteiger partial charge on any atom is -0.464 e. The summed E-state index contributed by atoms with van der Waals surface area (Å²) in [7, 11) is 1.34. The van der Waals surface area contributed by atoms with Crippen LogP contribution in [0.5, 0.6) is 0 Å². The summed E-state index contributed by atoms with van der Waals surface area (Å²) in [5.74, 6) is -0.413. The van der Waals surface area contributed by atoms with Crippen LogP contribution in [-0.2, 0) is 4.74 Å². The zero-order valence-electron chi connectivity index (χ0n) is 7.26. The molecular weight excluding hydrogens is 220 g/mol. The number of methoxy groups -OCH3 is 1. The van der Waals surface area contributed by atoms with Crippen LogP contribution in [0, 0.1) is 0 Å². The first-order chi connectivity index (χ1) is 6.81. The third-order valence-electron chi connectivity index (χ3n) is 1.51. The molecule has 14 heavy (non-hydrogen) atoms. The molecule has 2 heterocycles. The number of rotatable bonds is 2. The molecule has 0 aliphatic rings. The first-order valence-electron chi connectivity index (χ1n) is 3.75. The third kappa shape index (κ3) is 1.66. The van der Waals surface area contributed by atoms with Crippen molar-refractivity contribution in [3.05, 3.63) is 22.7 Å². The largest absolute Gasteiger partial charge is 0.464 e. The van der Waals surface area contributed by atoms with Crippen LogP contribution in [0.2, 0.25) is 0 Å². The molecule has 2 aromatic heterocycles. The zero-order valence-corrected chi connectivity index (χ0v) is 8.89. The van der Waals surface area contributed by atoms with Crippen LogP contribution in [-0.4, -0.2) is 23.0 Å². The van der Waals surface area contributed by atoms with E-state index >= 15 is 0 Å². The fourth-order valence-corrected chi connectivity index (χ4v) is 2.38. The van der Waals surface area contributed by atoms with Gasteiger partial charge in [-0.3, -0.25) is 0 Å². The quantitative estimate of drug-likeness (QED) is 0.735. The molecule has 0 spiro atoms. The van der Waals surface area contributed by atoms with Crippen molar-refractivity contribution >= 4 is 28.6 Å². The van der Waals surface area contributed by atoms with E-state index in [1.54, 1.807) is 11.6 Å². The second-order valence-electron chi connectivity index (χ2n) is 2.37. The molecule has 0 unspecified atom stereocenters. The van der Waals surface area contributed by atoms with Crippen molar-refractivity contribution in [3.63, 3.8) is 0 Å². The van der Waals surface area contributed by atoms with Gasteiger partial charge >= 0.3 is 5.97 Å². The summed E-state index contributed by atoms with van der Waals surface area (Å²) in [5.41, 5.74) is 0.336. The summed E-state index contributed by atoms with van der Waals surface area (Å²) in [6, 6.07) is 0. The van der Waals surface area contributed by atoms with Gasteiger partial charge in [0.2, 0.25) is 0 Å². The molecule has 0 saturated carbocycles. The molecule has 2 rings (SSSR count). The highest BCUT2D eigenvalue weighted by molar-refractivity contribution is 7.19. The first kappa shape index (κ1) is 9.29. The highest BCUT2D eigenvalue weighted by Gasteiger charge is 2.12. The molecule has 72 valence electrons. The van der Waals surface area contributed by atoms with Gasteiger partial charge in [0.05, 0.1) is 7.11 Å². The third-order valence-corrected chi connectivity index (χ3v) is 3.27. The Balaban J connectivity index is 2.31. The normalized spacial score (nSPS) is 10.1. The fourth-order valence-electron chi connectivity index (χ4n) is 0.899. The Morgan fingerprint density at radius 2 is 2.29 bits per heavy atom. The smallest absolute Gasteiger partial charge is 0.357 e. The van der Waals surface area contributed by atoms with E-state index in [9.17, 15) is 4.79 Å². The highest BCUT2D eigenvalue weighted by Crippen LogP contribution is 2.25. The molecule has 0 amide bonds. The van der Waals surface area contributed by atoms with Gasteiger partial charge in [0.25, 0.3) is 0 Å². The maximum Gasteiger partial charge on any atom is 0.357 e. The van der Waals surface area contributed by atoms with Gasteiger partial charge in [0.1, 0.15) is 0 Å². The minimum absolute atomic E-state index is 0.336. The molecule has 0 saturated heterocycles. The van der Waals surface area contributed by atoms with Crippen LogP contribution in [0.1, 0.15) is 10.5 Å². The van der Waals surface area contributed by atoms with E-state index in [0.29, 0.717) is 5.69 Å². The van der Waals surface area contributed by atoms with Crippen molar-refractivity contribution in [2.75, 3.05) is 7.11 Å². The molecule has 0 atom stereocenters. The van der Waals surface area contributed by atoms with Crippen LogP contribution in [0.3, 0.4) is 0 Å². The molecular formula is C8H6N2O2S2. The monoisotopic (exact) mass is 226 g/mol. The lowest BCUT2D eigenvalue weighted by molar-refractivity contribution is 0.0595. The summed E-state index contributed by atoms with van der Waals surface area (Å²) in [6.45, 7) is 0. The number of carbonyl (C=O) groups excluding carboxylic acids is 1. The summed E-state index contributed by atoms with van der Waals surface area (Å²) in [5, 5.41) is 5.11. The van der Waals surface area contributed by atoms with Crippen molar-refractivity contribution in [1.29, 1.82) is 0 Å². The molecule has 0 aromatic carbocycles. The lowest BCUT2D eigenvalue weighted by atomic mass is 10.5. The molecule has 0 fully saturated rings. The summed E-state index contributed by atoms with van der Waals surface area (Å²) >= 11 is 2.88. The predicted octanol–water partition coefficient (Wildman–Crippen LogP) is 2.05. The van der Waals surface area contributed by atoms with Gasteiger partial charge in [-0.25, -0.2) is 14.8 Å². The number of thiazole rings is 2. The topological polar surface area (TPSA) is 52.1 Å². The molecule has 0 bridgehead atoms. The van der Waals surface area contributed by atoms with E-state index in [-0.39, 0.29) is 0 Å². The maximum atomic E-state index is 11.1. The summed E-state index contributed by atoms with van der Waals surface area (Å²) in [6.07, 6.45) is 1.71. The number of ether oxygens (including phenoxy) is 1. The lowest BCUT2D eigenvalue weighted by Crippen LogP contribution is -2.00. The molecule has 0 aliphatic carbocycles. The van der Waals surface area contributed by atoms with Crippen LogP contribution in [0.4, 0.5) is 0 Å². The Hall–Kier alpha value is -1.27. The maximum absolute atomic E-state index is 11.1. The van der Waals surface area contributed by atoms with Crippen LogP contribution in [0.25, 0.3) is 10.0 Å². The van der Waals surface area contributed by atoms with Gasteiger partial charge in [0, 0.05) is 17.0 Å². The van der Waals surface area contributed by atoms with Crippen molar-refractivity contribution in [2.24, 2.45) is 0 Å². The van der Waals surface area contributed by atoms with E-state index in [0.717, 1.165) is 10.0 Å². The van der Waals surface area contributed by atoms with E-state index in [4.69, 9.17) is 0 Å². The molecule has 0 N–H and O–H groups in total. The minimum atomic E-state index is -0.413. The van der Waals surface area contributed by atoms with Crippen molar-refractivity contribution in [3.8, 4) is 10.0 Å². The Morgan fingerprint density at radius 1 is 1.43 bits per heavy atom. The van der Waals surface area contributed by atoms with Crippen molar-refractivity contribution < 1.29 is 9.53 Å². The summed E-state index contributed by atoms with van der Waals surface area (Å²) < 4.78 is 4.56. The van der Waals surface area contributed by atoms with E-state index in [1.807, 2.05) is 5.38 Å². The standard InChI is InChI=1S/C8H6N2O2S2/c1-12-8(11)5-4-14-7(10-5)6-9-2-3-13-6/h2-4H,1H3. The Bertz CT molecular complexity index is 436.